The van der Waals surface area contributed by atoms with E-state index in [1.807, 2.05) is 42.6 Å². The van der Waals surface area contributed by atoms with Crippen LogP contribution in [0.2, 0.25) is 0 Å². The summed E-state index contributed by atoms with van der Waals surface area (Å²) < 4.78 is 28.8. The predicted octanol–water partition coefficient (Wildman–Crippen LogP) is 3.89. The monoisotopic (exact) mass is 486 g/mol. The van der Waals surface area contributed by atoms with Crippen molar-refractivity contribution in [1.82, 2.24) is 9.62 Å². The summed E-state index contributed by atoms with van der Waals surface area (Å²) in [6.45, 7) is 5.19. The molecule has 0 spiro atoms. The third kappa shape index (κ3) is 5.41. The minimum absolute atomic E-state index is 0.0128. The zero-order valence-electron chi connectivity index (χ0n) is 18.2. The van der Waals surface area contributed by atoms with Crippen molar-refractivity contribution in [3.63, 3.8) is 0 Å². The third-order valence-corrected chi connectivity index (χ3v) is 8.35. The fourth-order valence-electron chi connectivity index (χ4n) is 4.22. The smallest absolute Gasteiger partial charge is 0.269 e. The standard InChI is InChI=1S/C23H26N4O4S2/c1-18(24-33(30,31)21-11-9-20(10-12-21)27(28)29)23(22-8-5-17-32-22)26-15-13-25(14-16-26)19-6-3-2-4-7-19/h2-12,17-18,23-24H,13-16H2,1H3/t18-,23+/m0/s1. The lowest BCUT2D eigenvalue weighted by atomic mass is 10.1. The summed E-state index contributed by atoms with van der Waals surface area (Å²) in [6, 6.07) is 18.7. The Bertz CT molecular complexity index is 1160. The molecule has 1 aliphatic rings. The number of piperazine rings is 1. The summed E-state index contributed by atoms with van der Waals surface area (Å²) in [6.07, 6.45) is 0. The Balaban J connectivity index is 1.50. The zero-order chi connectivity index (χ0) is 23.4. The molecule has 10 heteroatoms. The molecule has 8 nitrogen and oxygen atoms in total. The Labute approximate surface area is 197 Å². The van der Waals surface area contributed by atoms with Gasteiger partial charge in [0.2, 0.25) is 10.0 Å². The highest BCUT2D eigenvalue weighted by molar-refractivity contribution is 7.89. The van der Waals surface area contributed by atoms with Gasteiger partial charge >= 0.3 is 0 Å². The molecule has 3 aromatic rings. The number of nitro groups is 1. The zero-order valence-corrected chi connectivity index (χ0v) is 19.8. The minimum atomic E-state index is -3.84. The fraction of sp³-hybridized carbons (Fsp3) is 0.304. The van der Waals surface area contributed by atoms with Crippen LogP contribution in [0.25, 0.3) is 0 Å². The number of rotatable bonds is 8. The molecular weight excluding hydrogens is 460 g/mol. The summed E-state index contributed by atoms with van der Waals surface area (Å²) >= 11 is 1.61. The first-order chi connectivity index (χ1) is 15.8. The lowest BCUT2D eigenvalue weighted by molar-refractivity contribution is -0.384. The molecule has 2 aromatic carbocycles. The van der Waals surface area contributed by atoms with E-state index in [0.29, 0.717) is 0 Å². The molecule has 4 rings (SSSR count). The van der Waals surface area contributed by atoms with Crippen molar-refractivity contribution in [2.75, 3.05) is 31.1 Å². The first-order valence-corrected chi connectivity index (χ1v) is 13.1. The number of nitrogens with one attached hydrogen (secondary N) is 1. The Morgan fingerprint density at radius 1 is 0.970 bits per heavy atom. The maximum absolute atomic E-state index is 13.0. The van der Waals surface area contributed by atoms with Gasteiger partial charge in [0.1, 0.15) is 0 Å². The predicted molar refractivity (Wildman–Crippen MR) is 130 cm³/mol. The van der Waals surface area contributed by atoms with Crippen molar-refractivity contribution in [2.45, 2.75) is 23.9 Å². The van der Waals surface area contributed by atoms with Crippen LogP contribution in [0.5, 0.6) is 0 Å². The van der Waals surface area contributed by atoms with Gasteiger partial charge < -0.3 is 4.90 Å². The number of benzene rings is 2. The van der Waals surface area contributed by atoms with Crippen LogP contribution in [0.15, 0.2) is 77.0 Å². The lowest BCUT2D eigenvalue weighted by Crippen LogP contribution is -2.52. The molecule has 1 aliphatic heterocycles. The highest BCUT2D eigenvalue weighted by atomic mass is 32.2. The fourth-order valence-corrected chi connectivity index (χ4v) is 6.44. The molecule has 1 saturated heterocycles. The van der Waals surface area contributed by atoms with E-state index in [4.69, 9.17) is 0 Å². The Kier molecular flexibility index (Phi) is 7.08. The molecule has 0 bridgehead atoms. The van der Waals surface area contributed by atoms with Gasteiger partial charge in [-0.1, -0.05) is 24.3 Å². The van der Waals surface area contributed by atoms with Crippen LogP contribution < -0.4 is 9.62 Å². The average molecular weight is 487 g/mol. The Hall–Kier alpha value is -2.79. The molecule has 1 N–H and O–H groups in total. The Morgan fingerprint density at radius 3 is 2.21 bits per heavy atom. The highest BCUT2D eigenvalue weighted by Crippen LogP contribution is 2.31. The van der Waals surface area contributed by atoms with Crippen LogP contribution in [-0.2, 0) is 10.0 Å². The summed E-state index contributed by atoms with van der Waals surface area (Å²) in [7, 11) is -3.84. The SMILES string of the molecule is C[C@H](NS(=O)(=O)c1ccc([N+](=O)[O-])cc1)[C@H](c1cccs1)N1CCN(c2ccccc2)CC1. The van der Waals surface area contributed by atoms with Crippen molar-refractivity contribution in [1.29, 1.82) is 0 Å². The molecule has 33 heavy (non-hydrogen) atoms. The Morgan fingerprint density at radius 2 is 1.64 bits per heavy atom. The second-order valence-corrected chi connectivity index (χ2v) is 10.7. The number of anilines is 1. The van der Waals surface area contributed by atoms with Gasteiger partial charge in [0.05, 0.1) is 15.9 Å². The summed E-state index contributed by atoms with van der Waals surface area (Å²) in [5, 5.41) is 12.9. The topological polar surface area (TPSA) is 95.8 Å². The van der Waals surface area contributed by atoms with Crippen molar-refractivity contribution in [2.24, 2.45) is 0 Å². The highest BCUT2D eigenvalue weighted by Gasteiger charge is 2.32. The molecule has 0 amide bonds. The number of thiophene rings is 1. The number of sulfonamides is 1. The number of para-hydroxylation sites is 1. The van der Waals surface area contributed by atoms with Gasteiger partial charge in [0.25, 0.3) is 5.69 Å². The molecule has 1 fully saturated rings. The van der Waals surface area contributed by atoms with E-state index in [0.717, 1.165) is 31.1 Å². The van der Waals surface area contributed by atoms with Crippen molar-refractivity contribution < 1.29 is 13.3 Å². The summed E-state index contributed by atoms with van der Waals surface area (Å²) in [5.74, 6) is 0. The van der Waals surface area contributed by atoms with Crippen molar-refractivity contribution >= 4 is 32.7 Å². The van der Waals surface area contributed by atoms with Crippen LogP contribution in [0, 0.1) is 10.1 Å². The van der Waals surface area contributed by atoms with E-state index in [2.05, 4.69) is 26.7 Å². The van der Waals surface area contributed by atoms with Gasteiger partial charge in [-0.3, -0.25) is 15.0 Å². The maximum atomic E-state index is 13.0. The number of nitro benzene ring substituents is 1. The van der Waals surface area contributed by atoms with E-state index in [1.165, 1.54) is 30.0 Å². The average Bonchev–Trinajstić information content (AvgIpc) is 3.34. The number of hydrogen-bond donors (Lipinski definition) is 1. The summed E-state index contributed by atoms with van der Waals surface area (Å²) in [4.78, 5) is 16.1. The van der Waals surface area contributed by atoms with E-state index in [-0.39, 0.29) is 16.6 Å². The molecule has 0 radical (unpaired) electrons. The van der Waals surface area contributed by atoms with Crippen LogP contribution in [0.1, 0.15) is 17.8 Å². The first-order valence-electron chi connectivity index (χ1n) is 10.7. The van der Waals surface area contributed by atoms with Gasteiger partial charge in [-0.05, 0) is 42.6 Å². The van der Waals surface area contributed by atoms with E-state index < -0.39 is 21.0 Å². The largest absolute Gasteiger partial charge is 0.369 e. The van der Waals surface area contributed by atoms with Gasteiger partial charge in [0.15, 0.2) is 0 Å². The van der Waals surface area contributed by atoms with E-state index in [1.54, 1.807) is 11.3 Å². The first kappa shape index (κ1) is 23.4. The lowest BCUT2D eigenvalue weighted by Gasteiger charge is -2.42. The maximum Gasteiger partial charge on any atom is 0.269 e. The van der Waals surface area contributed by atoms with Crippen LogP contribution >= 0.6 is 11.3 Å². The molecular formula is C23H26N4O4S2. The van der Waals surface area contributed by atoms with Crippen LogP contribution in [-0.4, -0.2) is 50.5 Å². The van der Waals surface area contributed by atoms with Crippen molar-refractivity contribution in [3.8, 4) is 0 Å². The quantitative estimate of drug-likeness (QED) is 0.383. The molecule has 174 valence electrons. The van der Waals surface area contributed by atoms with Gasteiger partial charge in [-0.2, -0.15) is 0 Å². The number of non-ortho nitro benzene ring substituents is 1. The summed E-state index contributed by atoms with van der Waals surface area (Å²) in [5.41, 5.74) is 1.05. The van der Waals surface area contributed by atoms with E-state index in [9.17, 15) is 18.5 Å². The van der Waals surface area contributed by atoms with Gasteiger partial charge in [-0.25, -0.2) is 13.1 Å². The molecule has 0 aliphatic carbocycles. The second-order valence-electron chi connectivity index (χ2n) is 7.98. The third-order valence-electron chi connectivity index (χ3n) is 5.84. The molecule has 1 aromatic heterocycles. The van der Waals surface area contributed by atoms with Crippen LogP contribution in [0.3, 0.4) is 0 Å². The normalized spacial score (nSPS) is 16.9. The second kappa shape index (κ2) is 10.0. The molecule has 2 heterocycles. The van der Waals surface area contributed by atoms with Gasteiger partial charge in [0, 0.05) is 54.9 Å². The number of nitrogens with zero attached hydrogens (tertiary/aromatic N) is 3. The molecule has 0 saturated carbocycles. The van der Waals surface area contributed by atoms with Gasteiger partial charge in [-0.15, -0.1) is 11.3 Å². The molecule has 2 atom stereocenters. The number of hydrogen-bond acceptors (Lipinski definition) is 7. The van der Waals surface area contributed by atoms with Crippen molar-refractivity contribution in [3.05, 3.63) is 87.1 Å². The van der Waals surface area contributed by atoms with Crippen LogP contribution in [0.4, 0.5) is 11.4 Å². The minimum Gasteiger partial charge on any atom is -0.369 e. The van der Waals surface area contributed by atoms with E-state index >= 15 is 0 Å². The molecule has 0 unspecified atom stereocenters.